The van der Waals surface area contributed by atoms with Crippen LogP contribution >= 0.6 is 0 Å². The van der Waals surface area contributed by atoms with Crippen LogP contribution in [0.25, 0.3) is 0 Å². The van der Waals surface area contributed by atoms with Crippen molar-refractivity contribution in [2.75, 3.05) is 0 Å². The van der Waals surface area contributed by atoms with E-state index in [9.17, 15) is 8.78 Å². The Balaban J connectivity index is -0.000000266. The zero-order valence-corrected chi connectivity index (χ0v) is 10.4. The number of unbranched alkanes of at least 4 members (excludes halogenated alkanes) is 1. The Kier molecular flexibility index (Phi) is 20.3. The monoisotopic (exact) mass is 206 g/mol. The summed E-state index contributed by atoms with van der Waals surface area (Å²) in [4.78, 5) is 0. The fourth-order valence-electron chi connectivity index (χ4n) is 0.405. The largest absolute Gasteiger partial charge is 0.307 e. The minimum Gasteiger partial charge on any atom is -0.192 e. The summed E-state index contributed by atoms with van der Waals surface area (Å²) in [6.45, 7) is 11.3. The molecule has 0 unspecified atom stereocenters. The molecule has 0 fully saturated rings. The van der Waals surface area contributed by atoms with Crippen LogP contribution in [0.2, 0.25) is 0 Å². The molecule has 0 saturated heterocycles. The van der Waals surface area contributed by atoms with Crippen LogP contribution in [0, 0.1) is 11.8 Å². The van der Waals surface area contributed by atoms with Crippen molar-refractivity contribution in [1.29, 1.82) is 0 Å². The molecule has 0 aromatic carbocycles. The van der Waals surface area contributed by atoms with E-state index in [0.29, 0.717) is 6.42 Å². The van der Waals surface area contributed by atoms with Gasteiger partial charge in [0.25, 0.3) is 0 Å². The Morgan fingerprint density at radius 3 is 1.71 bits per heavy atom. The zero-order chi connectivity index (χ0) is 12.0. The molecule has 0 saturated carbocycles. The highest BCUT2D eigenvalue weighted by molar-refractivity contribution is 5.08. The van der Waals surface area contributed by atoms with Crippen molar-refractivity contribution in [2.45, 2.75) is 66.7 Å². The van der Waals surface area contributed by atoms with Crippen molar-refractivity contribution >= 4 is 0 Å². The third-order valence-electron chi connectivity index (χ3n) is 1.09. The predicted octanol–water partition coefficient (Wildman–Crippen LogP) is 4.89. The SMILES string of the molecule is CC.CC.CCCC#CC(F)(F)CC. The number of halogens is 2. The second kappa shape index (κ2) is 14.9. The Hall–Kier alpha value is -0.580. The van der Waals surface area contributed by atoms with E-state index in [1.165, 1.54) is 6.92 Å². The molecule has 0 bridgehead atoms. The average Bonchev–Trinajstić information content (AvgIpc) is 2.24. The van der Waals surface area contributed by atoms with Crippen LogP contribution in [-0.4, -0.2) is 5.92 Å². The van der Waals surface area contributed by atoms with Crippen molar-refractivity contribution in [1.82, 2.24) is 0 Å². The van der Waals surface area contributed by atoms with Crippen LogP contribution in [-0.2, 0) is 0 Å². The first-order chi connectivity index (χ1) is 6.62. The second-order valence-corrected chi connectivity index (χ2v) is 2.11. The maximum atomic E-state index is 12.3. The molecule has 0 aromatic heterocycles. The average molecular weight is 206 g/mol. The fourth-order valence-corrected chi connectivity index (χ4v) is 0.405. The minimum absolute atomic E-state index is 0.191. The molecule has 0 rings (SSSR count). The number of alkyl halides is 2. The van der Waals surface area contributed by atoms with Crippen LogP contribution in [0.1, 0.15) is 60.8 Å². The molecule has 0 N–H and O–H groups in total. The van der Waals surface area contributed by atoms with Gasteiger partial charge in [-0.25, -0.2) is 0 Å². The maximum Gasteiger partial charge on any atom is 0.307 e. The number of rotatable bonds is 2. The summed E-state index contributed by atoms with van der Waals surface area (Å²) in [5, 5.41) is 0. The van der Waals surface area contributed by atoms with Crippen molar-refractivity contribution in [3.8, 4) is 11.8 Å². The summed E-state index contributed by atoms with van der Waals surface area (Å²) in [5.74, 6) is 1.58. The molecule has 0 spiro atoms. The predicted molar refractivity (Wildman–Crippen MR) is 60.6 cm³/mol. The van der Waals surface area contributed by atoms with Gasteiger partial charge in [-0.3, -0.25) is 0 Å². The summed E-state index contributed by atoms with van der Waals surface area (Å²) in [6, 6.07) is 0. The summed E-state index contributed by atoms with van der Waals surface area (Å²) in [7, 11) is 0. The molecule has 0 nitrogen and oxygen atoms in total. The van der Waals surface area contributed by atoms with Gasteiger partial charge in [0.05, 0.1) is 0 Å². The van der Waals surface area contributed by atoms with Crippen molar-refractivity contribution in [3.05, 3.63) is 0 Å². The van der Waals surface area contributed by atoms with Gasteiger partial charge in [-0.15, -0.1) is 0 Å². The fraction of sp³-hybridized carbons (Fsp3) is 0.833. The second-order valence-electron chi connectivity index (χ2n) is 2.11. The summed E-state index contributed by atoms with van der Waals surface area (Å²) in [5.41, 5.74) is 0. The van der Waals surface area contributed by atoms with Gasteiger partial charge in [0.15, 0.2) is 0 Å². The topological polar surface area (TPSA) is 0 Å². The summed E-state index contributed by atoms with van der Waals surface area (Å²) in [6.07, 6.45) is 1.21. The first-order valence-corrected chi connectivity index (χ1v) is 5.50. The highest BCUT2D eigenvalue weighted by atomic mass is 19.3. The molecule has 0 aliphatic rings. The van der Waals surface area contributed by atoms with E-state index in [1.54, 1.807) is 0 Å². The molecule has 0 heterocycles. The van der Waals surface area contributed by atoms with Crippen molar-refractivity contribution in [3.63, 3.8) is 0 Å². The van der Waals surface area contributed by atoms with Crippen LogP contribution in [0.5, 0.6) is 0 Å². The molecule has 0 amide bonds. The van der Waals surface area contributed by atoms with E-state index < -0.39 is 5.92 Å². The Bertz CT molecular complexity index is 140. The molecule has 14 heavy (non-hydrogen) atoms. The first kappa shape index (κ1) is 19.1. The summed E-state index contributed by atoms with van der Waals surface area (Å²) < 4.78 is 24.6. The van der Waals surface area contributed by atoms with E-state index in [1.807, 2.05) is 40.5 Å². The van der Waals surface area contributed by atoms with E-state index in [2.05, 4.69) is 5.92 Å². The van der Waals surface area contributed by atoms with Gasteiger partial charge >= 0.3 is 5.92 Å². The maximum absolute atomic E-state index is 12.3. The van der Waals surface area contributed by atoms with Gasteiger partial charge < -0.3 is 0 Å². The highest BCUT2D eigenvalue weighted by Gasteiger charge is 2.21. The molecule has 0 aromatic rings. The van der Waals surface area contributed by atoms with E-state index >= 15 is 0 Å². The van der Waals surface area contributed by atoms with E-state index in [4.69, 9.17) is 0 Å². The van der Waals surface area contributed by atoms with E-state index in [-0.39, 0.29) is 6.42 Å². The molecule has 0 aliphatic heterocycles. The smallest absolute Gasteiger partial charge is 0.192 e. The highest BCUT2D eigenvalue weighted by Crippen LogP contribution is 2.15. The Morgan fingerprint density at radius 1 is 1.00 bits per heavy atom. The molecular formula is C12H24F2. The van der Waals surface area contributed by atoms with Gasteiger partial charge in [-0.2, -0.15) is 8.78 Å². The van der Waals surface area contributed by atoms with Crippen LogP contribution in [0.4, 0.5) is 8.78 Å². The van der Waals surface area contributed by atoms with Crippen molar-refractivity contribution in [2.24, 2.45) is 0 Å². The minimum atomic E-state index is -2.77. The molecule has 86 valence electrons. The molecule has 0 radical (unpaired) electrons. The lowest BCUT2D eigenvalue weighted by molar-refractivity contribution is 0.0622. The third-order valence-corrected chi connectivity index (χ3v) is 1.09. The lowest BCUT2D eigenvalue weighted by Gasteiger charge is -2.02. The number of hydrogen-bond acceptors (Lipinski definition) is 0. The van der Waals surface area contributed by atoms with Gasteiger partial charge in [-0.1, -0.05) is 47.5 Å². The van der Waals surface area contributed by atoms with Crippen molar-refractivity contribution < 1.29 is 8.78 Å². The van der Waals surface area contributed by atoms with Crippen LogP contribution in [0.15, 0.2) is 0 Å². The number of hydrogen-bond donors (Lipinski definition) is 0. The summed E-state index contributed by atoms with van der Waals surface area (Å²) >= 11 is 0. The van der Waals surface area contributed by atoms with E-state index in [0.717, 1.165) is 6.42 Å². The van der Waals surface area contributed by atoms with Gasteiger partial charge in [0, 0.05) is 12.8 Å². The molecule has 0 aliphatic carbocycles. The van der Waals surface area contributed by atoms with Crippen LogP contribution < -0.4 is 0 Å². The molecule has 0 atom stereocenters. The Morgan fingerprint density at radius 2 is 1.43 bits per heavy atom. The van der Waals surface area contributed by atoms with Gasteiger partial charge in [-0.05, 0) is 12.3 Å². The lowest BCUT2D eigenvalue weighted by atomic mass is 10.2. The van der Waals surface area contributed by atoms with Gasteiger partial charge in [0.1, 0.15) is 0 Å². The lowest BCUT2D eigenvalue weighted by Crippen LogP contribution is -2.09. The Labute approximate surface area is 88.1 Å². The quantitative estimate of drug-likeness (QED) is 0.564. The van der Waals surface area contributed by atoms with Crippen LogP contribution in [0.3, 0.4) is 0 Å². The zero-order valence-electron chi connectivity index (χ0n) is 10.4. The third kappa shape index (κ3) is 17.5. The normalized spacial score (nSPS) is 8.29. The van der Waals surface area contributed by atoms with Gasteiger partial charge in [0.2, 0.25) is 0 Å². The first-order valence-electron chi connectivity index (χ1n) is 5.50. The molecule has 2 heteroatoms. The standard InChI is InChI=1S/C8H12F2.2C2H6/c1-3-5-6-7-8(9,10)4-2;2*1-2/h3-5H2,1-2H3;2*1-2H3. The molecular weight excluding hydrogens is 182 g/mol.